The molecule has 9 heteroatoms. The van der Waals surface area contributed by atoms with Crippen molar-refractivity contribution in [1.82, 2.24) is 5.32 Å². The van der Waals surface area contributed by atoms with Gasteiger partial charge in [-0.15, -0.1) is 0 Å². The molecular formula is C81H162N2O6P+. The molecule has 1 amide bonds. The summed E-state index contributed by atoms with van der Waals surface area (Å²) in [5.41, 5.74) is 0. The normalized spacial score (nSPS) is 13.5. The molecule has 0 fully saturated rings. The summed E-state index contributed by atoms with van der Waals surface area (Å²) < 4.78 is 23.9. The molecule has 90 heavy (non-hydrogen) atoms. The van der Waals surface area contributed by atoms with E-state index in [0.717, 1.165) is 38.5 Å². The first-order chi connectivity index (χ1) is 44.0. The predicted octanol–water partition coefficient (Wildman–Crippen LogP) is 26.6. The van der Waals surface area contributed by atoms with E-state index in [2.05, 4.69) is 31.3 Å². The molecule has 0 radical (unpaired) electrons. The largest absolute Gasteiger partial charge is 0.472 e. The number of phosphoric ester groups is 1. The van der Waals surface area contributed by atoms with Gasteiger partial charge in [0.15, 0.2) is 0 Å². The third kappa shape index (κ3) is 74.4. The maximum atomic E-state index is 13.1. The van der Waals surface area contributed by atoms with Gasteiger partial charge in [0.05, 0.1) is 39.9 Å². The van der Waals surface area contributed by atoms with Crippen molar-refractivity contribution in [2.45, 2.75) is 450 Å². The lowest BCUT2D eigenvalue weighted by Gasteiger charge is -2.25. The van der Waals surface area contributed by atoms with Crippen molar-refractivity contribution < 1.29 is 32.9 Å². The molecule has 0 aromatic heterocycles. The molecule has 0 aromatic carbocycles. The molecule has 0 aliphatic rings. The lowest BCUT2D eigenvalue weighted by Crippen LogP contribution is -2.45. The Kier molecular flexibility index (Phi) is 71.4. The molecule has 0 spiro atoms. The number of unbranched alkanes of at least 4 members (excludes halogenated alkanes) is 62. The molecule has 3 atom stereocenters. The number of nitrogens with one attached hydrogen (secondary N) is 1. The summed E-state index contributed by atoms with van der Waals surface area (Å²) in [7, 11) is 1.58. The zero-order chi connectivity index (χ0) is 65.5. The summed E-state index contributed by atoms with van der Waals surface area (Å²) in [6.45, 7) is 4.88. The van der Waals surface area contributed by atoms with Crippen LogP contribution in [0.15, 0.2) is 24.3 Å². The van der Waals surface area contributed by atoms with Gasteiger partial charge in [0.2, 0.25) is 5.91 Å². The quantitative estimate of drug-likeness (QED) is 0.0243. The fourth-order valence-electron chi connectivity index (χ4n) is 12.9. The topological polar surface area (TPSA) is 105 Å². The predicted molar refractivity (Wildman–Crippen MR) is 397 cm³/mol. The minimum Gasteiger partial charge on any atom is -0.387 e. The average Bonchev–Trinajstić information content (AvgIpc) is 3.56. The summed E-state index contributed by atoms with van der Waals surface area (Å²) >= 11 is 0. The molecule has 3 unspecified atom stereocenters. The van der Waals surface area contributed by atoms with E-state index in [1.54, 1.807) is 6.08 Å². The first-order valence-electron chi connectivity index (χ1n) is 40.7. The SMILES string of the molecule is CCCCCCCCCCCCCCCCCCCCCCCCCCCC/C=C/CC/C=C/C(O)C(COP(=O)(O)OCC[N+](C)(C)C)NC(=O)CCCCCCCCCCCCCCCCCCCCCCCCCCCCCCCCCCCCCC. The van der Waals surface area contributed by atoms with E-state index in [4.69, 9.17) is 9.05 Å². The minimum atomic E-state index is -4.36. The number of aliphatic hydroxyl groups is 1. The van der Waals surface area contributed by atoms with Crippen LogP contribution >= 0.6 is 7.82 Å². The Morgan fingerprint density at radius 2 is 0.611 bits per heavy atom. The number of allylic oxidation sites excluding steroid dienone is 3. The number of aliphatic hydroxyl groups excluding tert-OH is 1. The highest BCUT2D eigenvalue weighted by Gasteiger charge is 2.28. The Bertz CT molecular complexity index is 1520. The van der Waals surface area contributed by atoms with Gasteiger partial charge < -0.3 is 19.8 Å². The Balaban J connectivity index is 3.95. The Morgan fingerprint density at radius 3 is 0.889 bits per heavy atom. The third-order valence-corrected chi connectivity index (χ3v) is 20.2. The fourth-order valence-corrected chi connectivity index (χ4v) is 13.6. The van der Waals surface area contributed by atoms with Crippen molar-refractivity contribution in [3.63, 3.8) is 0 Å². The second-order valence-corrected chi connectivity index (χ2v) is 31.0. The Morgan fingerprint density at radius 1 is 0.367 bits per heavy atom. The second-order valence-electron chi connectivity index (χ2n) is 29.5. The zero-order valence-corrected chi connectivity index (χ0v) is 62.6. The summed E-state index contributed by atoms with van der Waals surface area (Å²) in [4.78, 5) is 23.5. The van der Waals surface area contributed by atoms with Crippen LogP contribution in [0.4, 0.5) is 0 Å². The van der Waals surface area contributed by atoms with E-state index in [1.165, 1.54) is 379 Å². The molecule has 0 heterocycles. The van der Waals surface area contributed by atoms with Crippen molar-refractivity contribution in [3.05, 3.63) is 24.3 Å². The zero-order valence-electron chi connectivity index (χ0n) is 61.7. The van der Waals surface area contributed by atoms with Crippen LogP contribution < -0.4 is 5.32 Å². The highest BCUT2D eigenvalue weighted by Crippen LogP contribution is 2.43. The number of quaternary nitrogens is 1. The van der Waals surface area contributed by atoms with E-state index >= 15 is 0 Å². The molecule has 0 aliphatic carbocycles. The van der Waals surface area contributed by atoms with Gasteiger partial charge in [0, 0.05) is 6.42 Å². The van der Waals surface area contributed by atoms with E-state index < -0.39 is 20.0 Å². The molecule has 0 saturated heterocycles. The second kappa shape index (κ2) is 72.3. The first kappa shape index (κ1) is 89.0. The summed E-state index contributed by atoms with van der Waals surface area (Å²) in [5.74, 6) is -0.176. The lowest BCUT2D eigenvalue weighted by atomic mass is 10.0. The smallest absolute Gasteiger partial charge is 0.387 e. The van der Waals surface area contributed by atoms with Crippen LogP contribution in [0.1, 0.15) is 438 Å². The lowest BCUT2D eigenvalue weighted by molar-refractivity contribution is -0.870. The summed E-state index contributed by atoms with van der Waals surface area (Å²) in [6, 6.07) is -0.863. The standard InChI is InChI=1S/C81H161N2O6P/c1-6-8-10-12-14-16-18-20-22-24-26-28-30-32-34-36-38-40-41-42-43-45-47-49-51-53-55-57-59-61-63-65-67-69-71-73-75-81(85)82-79(78-89-90(86,87)88-77-76-83(3,4)5)80(84)74-72-70-68-66-64-62-60-58-56-54-52-50-48-46-44-39-37-35-33-31-29-27-25-23-21-19-17-15-13-11-9-7-2/h64,66,72,74,79-80,84H,6-63,65,67-71,73,75-78H2,1-5H3,(H-,82,85,86,87)/p+1/b66-64+,74-72+. The Hall–Kier alpha value is -1.02. The molecule has 8 nitrogen and oxygen atoms in total. The van der Waals surface area contributed by atoms with Crippen molar-refractivity contribution >= 4 is 13.7 Å². The molecule has 536 valence electrons. The monoisotopic (exact) mass is 1290 g/mol. The number of nitrogens with zero attached hydrogens (tertiary/aromatic N) is 1. The van der Waals surface area contributed by atoms with Crippen LogP contribution in [-0.2, 0) is 18.4 Å². The van der Waals surface area contributed by atoms with Crippen molar-refractivity contribution in [2.24, 2.45) is 0 Å². The van der Waals surface area contributed by atoms with Gasteiger partial charge in [-0.1, -0.05) is 423 Å². The Labute approximate surface area is 564 Å². The number of rotatable bonds is 77. The molecule has 0 bridgehead atoms. The summed E-state index contributed by atoms with van der Waals surface area (Å²) in [5, 5.41) is 14.0. The summed E-state index contributed by atoms with van der Waals surface area (Å²) in [6.07, 6.45) is 96.8. The highest BCUT2D eigenvalue weighted by molar-refractivity contribution is 7.47. The van der Waals surface area contributed by atoms with Crippen LogP contribution in [0, 0.1) is 0 Å². The van der Waals surface area contributed by atoms with Gasteiger partial charge in [0.1, 0.15) is 13.2 Å². The fraction of sp³-hybridized carbons (Fsp3) is 0.938. The number of carbonyl (C=O) groups excluding carboxylic acids is 1. The van der Waals surface area contributed by atoms with E-state index in [0.29, 0.717) is 17.4 Å². The van der Waals surface area contributed by atoms with Crippen molar-refractivity contribution in [3.8, 4) is 0 Å². The number of amides is 1. The van der Waals surface area contributed by atoms with Gasteiger partial charge in [0.25, 0.3) is 0 Å². The molecule has 0 aliphatic heterocycles. The van der Waals surface area contributed by atoms with Crippen LogP contribution in [-0.4, -0.2) is 73.4 Å². The number of likely N-dealkylation sites (N-methyl/N-ethyl adjacent to an activating group) is 1. The minimum absolute atomic E-state index is 0.0593. The molecule has 0 rings (SSSR count). The van der Waals surface area contributed by atoms with E-state index in [1.807, 2.05) is 27.2 Å². The van der Waals surface area contributed by atoms with Crippen LogP contribution in [0.25, 0.3) is 0 Å². The first-order valence-corrected chi connectivity index (χ1v) is 42.2. The van der Waals surface area contributed by atoms with Gasteiger partial charge in [-0.25, -0.2) is 4.57 Å². The van der Waals surface area contributed by atoms with Crippen molar-refractivity contribution in [2.75, 3.05) is 40.9 Å². The van der Waals surface area contributed by atoms with Crippen LogP contribution in [0.3, 0.4) is 0 Å². The maximum Gasteiger partial charge on any atom is 0.472 e. The van der Waals surface area contributed by atoms with E-state index in [9.17, 15) is 19.4 Å². The van der Waals surface area contributed by atoms with Crippen molar-refractivity contribution in [1.29, 1.82) is 0 Å². The molecule has 0 aromatic rings. The van der Waals surface area contributed by atoms with Gasteiger partial charge in [-0.2, -0.15) is 0 Å². The molecular weight excluding hydrogens is 1130 g/mol. The molecule has 3 N–H and O–H groups in total. The molecule has 0 saturated carbocycles. The highest BCUT2D eigenvalue weighted by atomic mass is 31.2. The number of hydrogen-bond acceptors (Lipinski definition) is 5. The average molecular weight is 1290 g/mol. The maximum absolute atomic E-state index is 13.1. The van der Waals surface area contributed by atoms with Gasteiger partial charge >= 0.3 is 7.82 Å². The van der Waals surface area contributed by atoms with Crippen LogP contribution in [0.5, 0.6) is 0 Å². The third-order valence-electron chi connectivity index (χ3n) is 19.2. The van der Waals surface area contributed by atoms with E-state index in [-0.39, 0.29) is 19.1 Å². The number of phosphoric acid groups is 1. The number of carbonyl (C=O) groups is 1. The van der Waals surface area contributed by atoms with Crippen LogP contribution in [0.2, 0.25) is 0 Å². The van der Waals surface area contributed by atoms with Gasteiger partial charge in [-0.3, -0.25) is 13.8 Å². The number of hydrogen-bond donors (Lipinski definition) is 3. The van der Waals surface area contributed by atoms with Gasteiger partial charge in [-0.05, 0) is 32.1 Å².